The maximum atomic E-state index is 12.2. The number of urea groups is 1. The lowest BCUT2D eigenvalue weighted by molar-refractivity contribution is -0.129. The van der Waals surface area contributed by atoms with Crippen LogP contribution in [0.4, 0.5) is 4.79 Å². The van der Waals surface area contributed by atoms with Gasteiger partial charge in [-0.15, -0.1) is 0 Å². The molecule has 22 heavy (non-hydrogen) atoms. The second-order valence-electron chi connectivity index (χ2n) is 7.74. The van der Waals surface area contributed by atoms with Gasteiger partial charge in [-0.2, -0.15) is 0 Å². The third-order valence-corrected chi connectivity index (χ3v) is 5.94. The van der Waals surface area contributed by atoms with E-state index in [-0.39, 0.29) is 17.5 Å². The van der Waals surface area contributed by atoms with Crippen molar-refractivity contribution in [3.63, 3.8) is 0 Å². The van der Waals surface area contributed by atoms with Crippen LogP contribution in [0.25, 0.3) is 0 Å². The number of rotatable bonds is 5. The highest BCUT2D eigenvalue weighted by Gasteiger charge is 2.51. The van der Waals surface area contributed by atoms with Crippen molar-refractivity contribution >= 4 is 11.9 Å². The summed E-state index contributed by atoms with van der Waals surface area (Å²) >= 11 is 0. The number of carbonyl (C=O) groups is 2. The van der Waals surface area contributed by atoms with Crippen molar-refractivity contribution in [3.8, 4) is 0 Å². The normalized spacial score (nSPS) is 35.3. The zero-order chi connectivity index (χ0) is 15.7. The number of hydrogen-bond donors (Lipinski definition) is 2. The highest BCUT2D eigenvalue weighted by molar-refractivity contribution is 5.78. The van der Waals surface area contributed by atoms with Crippen molar-refractivity contribution < 1.29 is 9.59 Å². The third kappa shape index (κ3) is 3.23. The molecule has 0 radical (unpaired) electrons. The smallest absolute Gasteiger partial charge is 0.315 e. The fourth-order valence-electron chi connectivity index (χ4n) is 5.20. The van der Waals surface area contributed by atoms with Gasteiger partial charge in [-0.1, -0.05) is 0 Å². The van der Waals surface area contributed by atoms with Crippen LogP contribution < -0.4 is 10.6 Å². The zero-order valence-electron chi connectivity index (χ0n) is 13.9. The molecule has 4 bridgehead atoms. The Kier molecular flexibility index (Phi) is 4.33. The minimum absolute atomic E-state index is 0.0447. The largest absolute Gasteiger partial charge is 0.346 e. The molecular weight excluding hydrogens is 278 g/mol. The molecule has 4 aliphatic rings. The average molecular weight is 307 g/mol. The van der Waals surface area contributed by atoms with Gasteiger partial charge in [0.1, 0.15) is 0 Å². The molecule has 0 atom stereocenters. The number of nitrogens with zero attached hydrogens (tertiary/aromatic N) is 1. The quantitative estimate of drug-likeness (QED) is 0.817. The van der Waals surface area contributed by atoms with E-state index in [1.807, 2.05) is 6.92 Å². The van der Waals surface area contributed by atoms with E-state index in [0.29, 0.717) is 19.5 Å². The molecule has 0 aromatic heterocycles. The highest BCUT2D eigenvalue weighted by Crippen LogP contribution is 2.55. The molecule has 0 aromatic carbocycles. The molecule has 4 rings (SSSR count). The number of hydrogen-bond acceptors (Lipinski definition) is 2. The van der Waals surface area contributed by atoms with E-state index in [4.69, 9.17) is 0 Å². The fourth-order valence-corrected chi connectivity index (χ4v) is 5.20. The topological polar surface area (TPSA) is 61.4 Å². The van der Waals surface area contributed by atoms with E-state index in [0.717, 1.165) is 37.0 Å². The van der Waals surface area contributed by atoms with Crippen LogP contribution in [0.1, 0.15) is 51.9 Å². The van der Waals surface area contributed by atoms with Crippen molar-refractivity contribution in [2.45, 2.75) is 57.4 Å². The minimum Gasteiger partial charge on any atom is -0.346 e. The second-order valence-corrected chi connectivity index (χ2v) is 7.74. The molecule has 3 amide bonds. The van der Waals surface area contributed by atoms with Gasteiger partial charge >= 0.3 is 6.03 Å². The summed E-state index contributed by atoms with van der Waals surface area (Å²) in [6.07, 6.45) is 7.97. The lowest BCUT2D eigenvalue weighted by atomic mass is 9.53. The van der Waals surface area contributed by atoms with E-state index in [1.54, 1.807) is 11.9 Å². The van der Waals surface area contributed by atoms with Crippen LogP contribution in [0, 0.1) is 17.8 Å². The second kappa shape index (κ2) is 6.09. The monoisotopic (exact) mass is 307 g/mol. The molecule has 4 fully saturated rings. The van der Waals surface area contributed by atoms with Gasteiger partial charge in [-0.25, -0.2) is 4.79 Å². The summed E-state index contributed by atoms with van der Waals surface area (Å²) in [6, 6.07) is -0.0890. The first-order valence-electron chi connectivity index (χ1n) is 8.79. The lowest BCUT2D eigenvalue weighted by Crippen LogP contribution is -2.61. The summed E-state index contributed by atoms with van der Waals surface area (Å²) in [4.78, 5) is 25.6. The molecule has 4 aliphatic carbocycles. The fraction of sp³-hybridized carbons (Fsp3) is 0.882. The van der Waals surface area contributed by atoms with Crippen LogP contribution in [0.2, 0.25) is 0 Å². The Morgan fingerprint density at radius 3 is 2.14 bits per heavy atom. The minimum atomic E-state index is -0.0890. The van der Waals surface area contributed by atoms with Gasteiger partial charge in [0.15, 0.2) is 0 Å². The Bertz CT molecular complexity index is 414. The van der Waals surface area contributed by atoms with Crippen LogP contribution in [0.15, 0.2) is 0 Å². The first-order valence-corrected chi connectivity index (χ1v) is 8.79. The molecule has 0 unspecified atom stereocenters. The summed E-state index contributed by atoms with van der Waals surface area (Å²) in [7, 11) is 1.79. The Morgan fingerprint density at radius 2 is 1.64 bits per heavy atom. The number of carbonyl (C=O) groups excluding carboxylic acids is 2. The maximum absolute atomic E-state index is 12.2. The average Bonchev–Trinajstić information content (AvgIpc) is 2.44. The molecule has 0 spiro atoms. The summed E-state index contributed by atoms with van der Waals surface area (Å²) in [5, 5.41) is 6.14. The van der Waals surface area contributed by atoms with Crippen LogP contribution in [-0.4, -0.2) is 42.5 Å². The summed E-state index contributed by atoms with van der Waals surface area (Å²) in [5.74, 6) is 2.56. The summed E-state index contributed by atoms with van der Waals surface area (Å²) in [5.41, 5.74) is 0.0447. The van der Waals surface area contributed by atoms with E-state index < -0.39 is 0 Å². The van der Waals surface area contributed by atoms with Crippen LogP contribution >= 0.6 is 0 Å². The van der Waals surface area contributed by atoms with Crippen molar-refractivity contribution in [2.75, 3.05) is 20.1 Å². The van der Waals surface area contributed by atoms with Gasteiger partial charge in [-0.3, -0.25) is 4.79 Å². The highest BCUT2D eigenvalue weighted by atomic mass is 16.2. The third-order valence-electron chi connectivity index (χ3n) is 5.94. The van der Waals surface area contributed by atoms with Crippen molar-refractivity contribution in [1.82, 2.24) is 15.5 Å². The van der Waals surface area contributed by atoms with E-state index in [9.17, 15) is 9.59 Å². The van der Waals surface area contributed by atoms with Crippen molar-refractivity contribution in [3.05, 3.63) is 0 Å². The maximum Gasteiger partial charge on any atom is 0.315 e. The molecular formula is C17H29N3O2. The lowest BCUT2D eigenvalue weighted by Gasteiger charge is -2.56. The van der Waals surface area contributed by atoms with Gasteiger partial charge in [0.05, 0.1) is 0 Å². The van der Waals surface area contributed by atoms with Gasteiger partial charge in [-0.05, 0) is 63.2 Å². The van der Waals surface area contributed by atoms with Crippen LogP contribution in [0.3, 0.4) is 0 Å². The van der Waals surface area contributed by atoms with E-state index in [2.05, 4.69) is 10.6 Å². The van der Waals surface area contributed by atoms with E-state index >= 15 is 0 Å². The number of nitrogens with one attached hydrogen (secondary N) is 2. The predicted molar refractivity (Wildman–Crippen MR) is 85.4 cm³/mol. The standard InChI is InChI=1S/C17H29N3O2/c1-3-20(2)15(21)4-5-18-16(22)19-17-9-12-6-13(10-17)8-14(7-12)11-17/h12-14H,3-11H2,1-2H3,(H2,18,19,22). The Labute approximate surface area is 133 Å². The van der Waals surface area contributed by atoms with Gasteiger partial charge in [0.25, 0.3) is 0 Å². The van der Waals surface area contributed by atoms with Crippen molar-refractivity contribution in [1.29, 1.82) is 0 Å². The molecule has 5 heteroatoms. The molecule has 5 nitrogen and oxygen atoms in total. The molecule has 0 aliphatic heterocycles. The first kappa shape index (κ1) is 15.6. The van der Waals surface area contributed by atoms with Gasteiger partial charge < -0.3 is 15.5 Å². The molecule has 0 saturated heterocycles. The molecule has 124 valence electrons. The number of amides is 3. The van der Waals surface area contributed by atoms with Gasteiger partial charge in [0.2, 0.25) is 5.91 Å². The Balaban J connectivity index is 1.45. The Morgan fingerprint density at radius 1 is 1.09 bits per heavy atom. The first-order chi connectivity index (χ1) is 10.5. The zero-order valence-corrected chi connectivity index (χ0v) is 13.9. The summed E-state index contributed by atoms with van der Waals surface area (Å²) < 4.78 is 0. The van der Waals surface area contributed by atoms with E-state index in [1.165, 1.54) is 19.3 Å². The van der Waals surface area contributed by atoms with Crippen LogP contribution in [0.5, 0.6) is 0 Å². The van der Waals surface area contributed by atoms with Gasteiger partial charge in [0, 0.05) is 32.1 Å². The molecule has 4 saturated carbocycles. The molecule has 0 heterocycles. The van der Waals surface area contributed by atoms with Crippen LogP contribution in [-0.2, 0) is 4.79 Å². The summed E-state index contributed by atoms with van der Waals surface area (Å²) in [6.45, 7) is 3.07. The molecule has 2 N–H and O–H groups in total. The van der Waals surface area contributed by atoms with Crippen molar-refractivity contribution in [2.24, 2.45) is 17.8 Å². The molecule has 0 aromatic rings. The predicted octanol–water partition coefficient (Wildman–Crippen LogP) is 2.12. The SMILES string of the molecule is CCN(C)C(=O)CCNC(=O)NC12CC3CC(CC(C3)C1)C2. The Hall–Kier alpha value is -1.26.